The maximum Gasteiger partial charge on any atom is 0.230 e. The van der Waals surface area contributed by atoms with Gasteiger partial charge in [-0.2, -0.15) is 11.1 Å². The van der Waals surface area contributed by atoms with Gasteiger partial charge in [-0.15, -0.1) is 0 Å². The SMILES string of the molecule is CCOc1ccccc1NC(=O)C(Cc1cc(OC)ccc1OC)C1NNNN1. The minimum absolute atomic E-state index is 0.169. The number of para-hydroxylation sites is 2. The number of benzene rings is 2. The number of hydrogen-bond donors (Lipinski definition) is 5. The average molecular weight is 401 g/mol. The molecule has 156 valence electrons. The standard InChI is InChI=1S/C20H27N5O4/c1-4-29-18-8-6-5-7-16(18)21-20(26)15(19-22-24-25-23-19)12-13-11-14(27-2)9-10-17(13)28-3/h5-11,15,19,22-25H,4,12H2,1-3H3,(H,21,26). The van der Waals surface area contributed by atoms with E-state index < -0.39 is 5.92 Å². The van der Waals surface area contributed by atoms with E-state index >= 15 is 0 Å². The van der Waals surface area contributed by atoms with Gasteiger partial charge in [0.1, 0.15) is 17.2 Å². The van der Waals surface area contributed by atoms with Crippen molar-refractivity contribution in [3.8, 4) is 17.2 Å². The number of carbonyl (C=O) groups excluding carboxylic acids is 1. The van der Waals surface area contributed by atoms with Crippen molar-refractivity contribution in [2.24, 2.45) is 5.92 Å². The number of amides is 1. The van der Waals surface area contributed by atoms with Crippen molar-refractivity contribution in [1.82, 2.24) is 21.9 Å². The van der Waals surface area contributed by atoms with Crippen LogP contribution in [0.3, 0.4) is 0 Å². The molecule has 3 rings (SSSR count). The zero-order valence-electron chi connectivity index (χ0n) is 16.7. The Morgan fingerprint density at radius 2 is 1.83 bits per heavy atom. The Morgan fingerprint density at radius 1 is 1.07 bits per heavy atom. The second-order valence-corrected chi connectivity index (χ2v) is 6.42. The van der Waals surface area contributed by atoms with E-state index in [0.29, 0.717) is 36.0 Å². The summed E-state index contributed by atoms with van der Waals surface area (Å²) in [5.41, 5.74) is 13.1. The second-order valence-electron chi connectivity index (χ2n) is 6.42. The fourth-order valence-electron chi connectivity index (χ4n) is 3.18. The summed E-state index contributed by atoms with van der Waals surface area (Å²) < 4.78 is 16.4. The quantitative estimate of drug-likeness (QED) is 0.429. The molecular weight excluding hydrogens is 374 g/mol. The van der Waals surface area contributed by atoms with Gasteiger partial charge < -0.3 is 19.5 Å². The van der Waals surface area contributed by atoms with Gasteiger partial charge in [-0.05, 0) is 49.2 Å². The highest BCUT2D eigenvalue weighted by molar-refractivity contribution is 5.94. The van der Waals surface area contributed by atoms with Gasteiger partial charge in [0.25, 0.3) is 0 Å². The summed E-state index contributed by atoms with van der Waals surface area (Å²) in [5.74, 6) is 1.37. The Balaban J connectivity index is 1.85. The first-order valence-electron chi connectivity index (χ1n) is 9.41. The van der Waals surface area contributed by atoms with Gasteiger partial charge in [-0.3, -0.25) is 4.79 Å². The van der Waals surface area contributed by atoms with E-state index in [9.17, 15) is 4.79 Å². The minimum atomic E-state index is -0.479. The van der Waals surface area contributed by atoms with Crippen LogP contribution in [0, 0.1) is 5.92 Å². The maximum atomic E-state index is 13.2. The van der Waals surface area contributed by atoms with Crippen LogP contribution in [-0.4, -0.2) is 32.9 Å². The van der Waals surface area contributed by atoms with E-state index in [2.05, 4.69) is 27.2 Å². The number of nitrogens with one attached hydrogen (secondary N) is 5. The van der Waals surface area contributed by atoms with E-state index in [-0.39, 0.29) is 12.1 Å². The largest absolute Gasteiger partial charge is 0.497 e. The Hall–Kier alpha value is -2.85. The number of hydrazine groups is 3. The number of anilines is 1. The first kappa shape index (κ1) is 20.9. The molecule has 0 radical (unpaired) electrons. The number of methoxy groups -OCH3 is 2. The van der Waals surface area contributed by atoms with Crippen LogP contribution in [0.4, 0.5) is 5.69 Å². The van der Waals surface area contributed by atoms with Crippen LogP contribution < -0.4 is 41.4 Å². The second kappa shape index (κ2) is 10.1. The smallest absolute Gasteiger partial charge is 0.230 e. The van der Waals surface area contributed by atoms with Crippen LogP contribution in [0.25, 0.3) is 0 Å². The molecule has 1 atom stereocenters. The van der Waals surface area contributed by atoms with Crippen molar-refractivity contribution < 1.29 is 19.0 Å². The van der Waals surface area contributed by atoms with Crippen molar-refractivity contribution in [2.45, 2.75) is 19.5 Å². The zero-order chi connectivity index (χ0) is 20.6. The summed E-state index contributed by atoms with van der Waals surface area (Å²) >= 11 is 0. The molecule has 1 saturated heterocycles. The molecule has 5 N–H and O–H groups in total. The number of ether oxygens (including phenoxy) is 3. The van der Waals surface area contributed by atoms with Crippen molar-refractivity contribution in [3.05, 3.63) is 48.0 Å². The molecule has 0 aromatic heterocycles. The van der Waals surface area contributed by atoms with E-state index in [1.165, 1.54) is 0 Å². The molecule has 1 fully saturated rings. The topological polar surface area (TPSA) is 105 Å². The molecule has 9 nitrogen and oxygen atoms in total. The lowest BCUT2D eigenvalue weighted by atomic mass is 9.94. The van der Waals surface area contributed by atoms with E-state index in [0.717, 1.165) is 5.56 Å². The predicted octanol–water partition coefficient (Wildman–Crippen LogP) is 1.34. The highest BCUT2D eigenvalue weighted by Crippen LogP contribution is 2.29. The van der Waals surface area contributed by atoms with Gasteiger partial charge in [0, 0.05) is 0 Å². The van der Waals surface area contributed by atoms with E-state index in [1.807, 2.05) is 49.4 Å². The highest BCUT2D eigenvalue weighted by Gasteiger charge is 2.32. The Morgan fingerprint density at radius 3 is 2.52 bits per heavy atom. The monoisotopic (exact) mass is 401 g/mol. The molecule has 1 unspecified atom stereocenters. The van der Waals surface area contributed by atoms with Crippen LogP contribution in [0.1, 0.15) is 12.5 Å². The number of carbonyl (C=O) groups is 1. The van der Waals surface area contributed by atoms with Crippen LogP contribution in [0.5, 0.6) is 17.2 Å². The normalized spacial score (nSPS) is 15.0. The fraction of sp³-hybridized carbons (Fsp3) is 0.350. The lowest BCUT2D eigenvalue weighted by molar-refractivity contribution is -0.120. The van der Waals surface area contributed by atoms with Crippen LogP contribution in [0.15, 0.2) is 42.5 Å². The zero-order valence-corrected chi connectivity index (χ0v) is 16.7. The Labute approximate surface area is 170 Å². The van der Waals surface area contributed by atoms with Gasteiger partial charge in [-0.25, -0.2) is 10.9 Å². The van der Waals surface area contributed by atoms with Gasteiger partial charge in [0.05, 0.1) is 38.6 Å². The fourth-order valence-corrected chi connectivity index (χ4v) is 3.18. The maximum absolute atomic E-state index is 13.2. The molecule has 0 aliphatic carbocycles. The van der Waals surface area contributed by atoms with Crippen molar-refractivity contribution >= 4 is 11.6 Å². The number of rotatable bonds is 9. The summed E-state index contributed by atoms with van der Waals surface area (Å²) in [6.07, 6.45) is 0.0574. The van der Waals surface area contributed by atoms with Crippen LogP contribution in [0.2, 0.25) is 0 Å². The Kier molecular flexibility index (Phi) is 7.25. The summed E-state index contributed by atoms with van der Waals surface area (Å²) in [6.45, 7) is 2.41. The molecular formula is C20H27N5O4. The van der Waals surface area contributed by atoms with Crippen molar-refractivity contribution in [1.29, 1.82) is 0 Å². The molecule has 1 heterocycles. The molecule has 1 aliphatic heterocycles. The average Bonchev–Trinajstić information content (AvgIpc) is 3.27. The third kappa shape index (κ3) is 5.15. The third-order valence-corrected chi connectivity index (χ3v) is 4.63. The van der Waals surface area contributed by atoms with E-state index in [4.69, 9.17) is 14.2 Å². The molecule has 1 aliphatic rings. The van der Waals surface area contributed by atoms with Crippen LogP contribution >= 0.6 is 0 Å². The summed E-state index contributed by atoms with van der Waals surface area (Å²) in [7, 11) is 3.21. The highest BCUT2D eigenvalue weighted by atomic mass is 16.5. The predicted molar refractivity (Wildman–Crippen MR) is 109 cm³/mol. The summed E-state index contributed by atoms with van der Waals surface area (Å²) in [4.78, 5) is 13.2. The number of hydrogen-bond acceptors (Lipinski definition) is 8. The first-order valence-corrected chi connectivity index (χ1v) is 9.41. The van der Waals surface area contributed by atoms with Gasteiger partial charge >= 0.3 is 0 Å². The lowest BCUT2D eigenvalue weighted by Crippen LogP contribution is -2.47. The third-order valence-electron chi connectivity index (χ3n) is 4.63. The van der Waals surface area contributed by atoms with Crippen LogP contribution in [-0.2, 0) is 11.2 Å². The minimum Gasteiger partial charge on any atom is -0.497 e. The molecule has 0 spiro atoms. The molecule has 1 amide bonds. The first-order chi connectivity index (χ1) is 14.2. The molecule has 2 aromatic carbocycles. The van der Waals surface area contributed by atoms with Gasteiger partial charge in [-0.1, -0.05) is 12.1 Å². The molecule has 0 bridgehead atoms. The van der Waals surface area contributed by atoms with Gasteiger partial charge in [0.15, 0.2) is 0 Å². The summed E-state index contributed by atoms with van der Waals surface area (Å²) in [6, 6.07) is 12.9. The molecule has 29 heavy (non-hydrogen) atoms. The molecule has 9 heteroatoms. The van der Waals surface area contributed by atoms with Crippen molar-refractivity contribution in [3.63, 3.8) is 0 Å². The van der Waals surface area contributed by atoms with Gasteiger partial charge in [0.2, 0.25) is 5.91 Å². The molecule has 0 saturated carbocycles. The lowest BCUT2D eigenvalue weighted by Gasteiger charge is -2.23. The molecule has 2 aromatic rings. The van der Waals surface area contributed by atoms with Crippen molar-refractivity contribution in [2.75, 3.05) is 26.1 Å². The van der Waals surface area contributed by atoms with E-state index in [1.54, 1.807) is 14.2 Å². The summed E-state index contributed by atoms with van der Waals surface area (Å²) in [5, 5.41) is 2.99. The Bertz CT molecular complexity index is 826.